The van der Waals surface area contributed by atoms with Gasteiger partial charge in [-0.05, 0) is 23.6 Å². The molecule has 0 saturated carbocycles. The molecular weight excluding hydrogens is 276 g/mol. The number of rotatable bonds is 1. The maximum absolute atomic E-state index is 6.35. The largest absolute Gasteiger partial charge is 0.346 e. The SMILES string of the molecule is Clc1cnc2[nH]ccc2c1-c1cc2ccccc2s1. The summed E-state index contributed by atoms with van der Waals surface area (Å²) < 4.78 is 1.27. The number of halogens is 1. The van der Waals surface area contributed by atoms with Crippen molar-refractivity contribution in [3.8, 4) is 10.4 Å². The highest BCUT2D eigenvalue weighted by atomic mass is 35.5. The molecule has 0 radical (unpaired) electrons. The quantitative estimate of drug-likeness (QED) is 0.518. The summed E-state index contributed by atoms with van der Waals surface area (Å²) in [5, 5.41) is 3.01. The first-order chi connectivity index (χ1) is 9.33. The second-order valence-electron chi connectivity index (χ2n) is 4.37. The summed E-state index contributed by atoms with van der Waals surface area (Å²) in [5.41, 5.74) is 1.94. The smallest absolute Gasteiger partial charge is 0.137 e. The Balaban J connectivity index is 2.08. The van der Waals surface area contributed by atoms with Crippen molar-refractivity contribution in [3.05, 3.63) is 53.8 Å². The van der Waals surface area contributed by atoms with E-state index in [1.54, 1.807) is 17.5 Å². The molecule has 0 fully saturated rings. The van der Waals surface area contributed by atoms with Crippen molar-refractivity contribution in [2.45, 2.75) is 0 Å². The van der Waals surface area contributed by atoms with Crippen molar-refractivity contribution in [2.75, 3.05) is 0 Å². The maximum atomic E-state index is 6.35. The van der Waals surface area contributed by atoms with E-state index in [1.165, 1.54) is 15.0 Å². The number of benzene rings is 1. The number of hydrogen-bond acceptors (Lipinski definition) is 2. The molecule has 19 heavy (non-hydrogen) atoms. The summed E-state index contributed by atoms with van der Waals surface area (Å²) in [6.07, 6.45) is 3.60. The molecule has 0 aliphatic rings. The van der Waals surface area contributed by atoms with Gasteiger partial charge in [-0.1, -0.05) is 29.8 Å². The van der Waals surface area contributed by atoms with Crippen molar-refractivity contribution in [3.63, 3.8) is 0 Å². The van der Waals surface area contributed by atoms with Crippen LogP contribution < -0.4 is 0 Å². The number of hydrogen-bond donors (Lipinski definition) is 1. The number of H-pyrrole nitrogens is 1. The Morgan fingerprint density at radius 2 is 2.05 bits per heavy atom. The van der Waals surface area contributed by atoms with Crippen LogP contribution in [0.3, 0.4) is 0 Å². The second kappa shape index (κ2) is 4.08. The average Bonchev–Trinajstić information content (AvgIpc) is 3.03. The van der Waals surface area contributed by atoms with Crippen LogP contribution in [0.5, 0.6) is 0 Å². The fourth-order valence-corrected chi connectivity index (χ4v) is 3.78. The third-order valence-corrected chi connectivity index (χ3v) is 4.63. The van der Waals surface area contributed by atoms with E-state index in [2.05, 4.69) is 40.3 Å². The zero-order valence-electron chi connectivity index (χ0n) is 9.85. The van der Waals surface area contributed by atoms with Gasteiger partial charge in [0.05, 0.1) is 5.02 Å². The zero-order chi connectivity index (χ0) is 12.8. The first-order valence-corrected chi connectivity index (χ1v) is 7.13. The predicted octanol–water partition coefficient (Wildman–Crippen LogP) is 5.10. The Morgan fingerprint density at radius 1 is 1.16 bits per heavy atom. The number of fused-ring (bicyclic) bond motifs is 2. The number of nitrogens with one attached hydrogen (secondary N) is 1. The van der Waals surface area contributed by atoms with Gasteiger partial charge in [0.25, 0.3) is 0 Å². The molecule has 3 heterocycles. The molecule has 0 atom stereocenters. The molecule has 2 nitrogen and oxygen atoms in total. The highest BCUT2D eigenvalue weighted by Gasteiger charge is 2.13. The van der Waals surface area contributed by atoms with Gasteiger partial charge in [-0.25, -0.2) is 4.98 Å². The Labute approximate surface area is 118 Å². The van der Waals surface area contributed by atoms with Crippen LogP contribution in [0.25, 0.3) is 31.6 Å². The van der Waals surface area contributed by atoms with Crippen molar-refractivity contribution >= 4 is 44.1 Å². The first kappa shape index (κ1) is 11.0. The summed E-state index contributed by atoms with van der Waals surface area (Å²) in [5.74, 6) is 0. The van der Waals surface area contributed by atoms with E-state index in [9.17, 15) is 0 Å². The molecule has 0 aliphatic carbocycles. The van der Waals surface area contributed by atoms with Crippen LogP contribution in [0.15, 0.2) is 48.8 Å². The van der Waals surface area contributed by atoms with Crippen molar-refractivity contribution in [1.82, 2.24) is 9.97 Å². The second-order valence-corrected chi connectivity index (χ2v) is 5.86. The molecule has 3 aromatic heterocycles. The third-order valence-electron chi connectivity index (χ3n) is 3.21. The Morgan fingerprint density at radius 3 is 2.95 bits per heavy atom. The maximum Gasteiger partial charge on any atom is 0.137 e. The van der Waals surface area contributed by atoms with Gasteiger partial charge in [-0.15, -0.1) is 11.3 Å². The third kappa shape index (κ3) is 1.66. The molecule has 0 bridgehead atoms. The summed E-state index contributed by atoms with van der Waals surface area (Å²) in [6.45, 7) is 0. The molecule has 0 unspecified atom stereocenters. The number of pyridine rings is 1. The van der Waals surface area contributed by atoms with E-state index < -0.39 is 0 Å². The minimum Gasteiger partial charge on any atom is -0.346 e. The minimum atomic E-state index is 0.693. The molecule has 1 N–H and O–H groups in total. The first-order valence-electron chi connectivity index (χ1n) is 5.93. The summed E-state index contributed by atoms with van der Waals surface area (Å²) >= 11 is 8.11. The lowest BCUT2D eigenvalue weighted by atomic mass is 10.1. The Kier molecular flexibility index (Phi) is 2.37. The van der Waals surface area contributed by atoms with Crippen molar-refractivity contribution in [2.24, 2.45) is 0 Å². The van der Waals surface area contributed by atoms with Gasteiger partial charge < -0.3 is 4.98 Å². The molecule has 1 aromatic carbocycles. The van der Waals surface area contributed by atoms with Gasteiger partial charge in [0, 0.05) is 32.9 Å². The molecule has 92 valence electrons. The molecular formula is C15H9ClN2S. The van der Waals surface area contributed by atoms with Gasteiger partial charge in [0.2, 0.25) is 0 Å². The Hall–Kier alpha value is -1.84. The lowest BCUT2D eigenvalue weighted by Gasteiger charge is -2.02. The highest BCUT2D eigenvalue weighted by Crippen LogP contribution is 2.40. The van der Waals surface area contributed by atoms with Crippen molar-refractivity contribution < 1.29 is 0 Å². The Bertz CT molecular complexity index is 858. The number of aromatic amines is 1. The summed E-state index contributed by atoms with van der Waals surface area (Å²) in [4.78, 5) is 8.60. The van der Waals surface area contributed by atoms with Crippen LogP contribution in [0.1, 0.15) is 0 Å². The standard InChI is InChI=1S/C15H9ClN2S/c16-11-8-18-15-10(5-6-17-15)14(11)13-7-9-3-1-2-4-12(9)19-13/h1-8H,(H,17,18). The molecule has 4 heteroatoms. The van der Waals surface area contributed by atoms with Gasteiger partial charge >= 0.3 is 0 Å². The zero-order valence-corrected chi connectivity index (χ0v) is 11.4. The predicted molar refractivity (Wildman–Crippen MR) is 81.9 cm³/mol. The van der Waals surface area contributed by atoms with E-state index >= 15 is 0 Å². The van der Waals surface area contributed by atoms with Crippen LogP contribution in [0.4, 0.5) is 0 Å². The topological polar surface area (TPSA) is 28.7 Å². The number of nitrogens with zero attached hydrogens (tertiary/aromatic N) is 1. The van der Waals surface area contributed by atoms with Gasteiger partial charge in [0.1, 0.15) is 5.65 Å². The van der Waals surface area contributed by atoms with Crippen LogP contribution in [-0.4, -0.2) is 9.97 Å². The normalized spacial score (nSPS) is 11.4. The van der Waals surface area contributed by atoms with Gasteiger partial charge in [0.15, 0.2) is 0 Å². The summed E-state index contributed by atoms with van der Waals surface area (Å²) in [6, 6.07) is 12.6. The van der Waals surface area contributed by atoms with Crippen LogP contribution >= 0.6 is 22.9 Å². The minimum absolute atomic E-state index is 0.693. The van der Waals surface area contributed by atoms with E-state index in [-0.39, 0.29) is 0 Å². The summed E-state index contributed by atoms with van der Waals surface area (Å²) in [7, 11) is 0. The fourth-order valence-electron chi connectivity index (χ4n) is 2.34. The van der Waals surface area contributed by atoms with E-state index in [0.717, 1.165) is 16.6 Å². The van der Waals surface area contributed by atoms with Crippen LogP contribution in [0.2, 0.25) is 5.02 Å². The monoisotopic (exact) mass is 284 g/mol. The van der Waals surface area contributed by atoms with Gasteiger partial charge in [-0.2, -0.15) is 0 Å². The van der Waals surface area contributed by atoms with E-state index in [4.69, 9.17) is 11.6 Å². The van der Waals surface area contributed by atoms with Crippen LogP contribution in [0, 0.1) is 0 Å². The highest BCUT2D eigenvalue weighted by molar-refractivity contribution is 7.22. The number of thiophene rings is 1. The number of aromatic nitrogens is 2. The molecule has 4 aromatic rings. The average molecular weight is 285 g/mol. The lowest BCUT2D eigenvalue weighted by molar-refractivity contribution is 1.33. The molecule has 0 aliphatic heterocycles. The molecule has 0 spiro atoms. The molecule has 0 amide bonds. The van der Waals surface area contributed by atoms with E-state index in [1.807, 2.05) is 12.3 Å². The fraction of sp³-hybridized carbons (Fsp3) is 0. The lowest BCUT2D eigenvalue weighted by Crippen LogP contribution is -1.81. The van der Waals surface area contributed by atoms with Crippen LogP contribution in [-0.2, 0) is 0 Å². The van der Waals surface area contributed by atoms with Crippen molar-refractivity contribution in [1.29, 1.82) is 0 Å². The molecule has 4 rings (SSSR count). The van der Waals surface area contributed by atoms with E-state index in [0.29, 0.717) is 5.02 Å². The molecule has 0 saturated heterocycles. The van der Waals surface area contributed by atoms with Gasteiger partial charge in [-0.3, -0.25) is 0 Å².